The van der Waals surface area contributed by atoms with Crippen molar-refractivity contribution < 1.29 is 9.21 Å². The number of hydrogen-bond donors (Lipinski definition) is 2. The summed E-state index contributed by atoms with van der Waals surface area (Å²) in [5.41, 5.74) is 1.62. The molecule has 7 heteroatoms. The van der Waals surface area contributed by atoms with Crippen LogP contribution >= 0.6 is 0 Å². The number of rotatable bonds is 5. The van der Waals surface area contributed by atoms with Gasteiger partial charge in [-0.05, 0) is 26.2 Å². The number of aromatic nitrogens is 1. The molecule has 2 amide bonds. The van der Waals surface area contributed by atoms with Crippen molar-refractivity contribution in [3.8, 4) is 11.5 Å². The lowest BCUT2D eigenvalue weighted by Gasteiger charge is -2.37. The average Bonchev–Trinajstić information content (AvgIpc) is 3.10. The Morgan fingerprint density at radius 2 is 2.04 bits per heavy atom. The van der Waals surface area contributed by atoms with Crippen LogP contribution in [0.1, 0.15) is 5.69 Å². The quantitative estimate of drug-likeness (QED) is 0.858. The molecule has 1 aliphatic rings. The van der Waals surface area contributed by atoms with Gasteiger partial charge >= 0.3 is 6.03 Å². The Hall–Kier alpha value is -2.38. The van der Waals surface area contributed by atoms with Crippen molar-refractivity contribution in [3.05, 3.63) is 42.3 Å². The van der Waals surface area contributed by atoms with Crippen molar-refractivity contribution in [1.29, 1.82) is 0 Å². The normalized spacial score (nSPS) is 18.9. The van der Waals surface area contributed by atoms with E-state index in [-0.39, 0.29) is 6.03 Å². The van der Waals surface area contributed by atoms with E-state index in [1.165, 1.54) is 0 Å². The first-order chi connectivity index (χ1) is 12.1. The molecule has 0 aliphatic carbocycles. The molecule has 1 atom stereocenters. The molecule has 1 saturated heterocycles. The zero-order valence-corrected chi connectivity index (χ0v) is 14.7. The zero-order valence-electron chi connectivity index (χ0n) is 14.7. The van der Waals surface area contributed by atoms with Gasteiger partial charge < -0.3 is 20.0 Å². The first-order valence-corrected chi connectivity index (χ1v) is 8.52. The average molecular weight is 343 g/mol. The molecule has 0 bridgehead atoms. The highest BCUT2D eigenvalue weighted by molar-refractivity contribution is 5.73. The van der Waals surface area contributed by atoms with Gasteiger partial charge in [0, 0.05) is 37.8 Å². The SMILES string of the molecule is CN1CCN(C)C(CNC(=O)NCc2coc(-c3ccccc3)n2)C1. The number of carbonyl (C=O) groups is 1. The third-order valence-electron chi connectivity index (χ3n) is 4.48. The monoisotopic (exact) mass is 343 g/mol. The number of benzene rings is 1. The predicted octanol–water partition coefficient (Wildman–Crippen LogP) is 1.39. The highest BCUT2D eigenvalue weighted by Gasteiger charge is 2.22. The Kier molecular flexibility index (Phi) is 5.67. The van der Waals surface area contributed by atoms with Gasteiger partial charge in [0.15, 0.2) is 0 Å². The molecule has 2 aromatic rings. The Balaban J connectivity index is 1.44. The highest BCUT2D eigenvalue weighted by atomic mass is 16.3. The number of nitrogens with zero attached hydrogens (tertiary/aromatic N) is 3. The van der Waals surface area contributed by atoms with Crippen molar-refractivity contribution in [1.82, 2.24) is 25.4 Å². The molecule has 1 fully saturated rings. The lowest BCUT2D eigenvalue weighted by atomic mass is 10.2. The maximum Gasteiger partial charge on any atom is 0.315 e. The van der Waals surface area contributed by atoms with Gasteiger partial charge in [-0.3, -0.25) is 4.90 Å². The molecule has 0 radical (unpaired) electrons. The fourth-order valence-electron chi connectivity index (χ4n) is 2.87. The van der Waals surface area contributed by atoms with Crippen LogP contribution in [0.2, 0.25) is 0 Å². The van der Waals surface area contributed by atoms with Crippen molar-refractivity contribution in [2.24, 2.45) is 0 Å². The van der Waals surface area contributed by atoms with E-state index in [2.05, 4.69) is 39.5 Å². The van der Waals surface area contributed by atoms with Crippen molar-refractivity contribution >= 4 is 6.03 Å². The number of amides is 2. The lowest BCUT2D eigenvalue weighted by molar-refractivity contribution is 0.114. The van der Waals surface area contributed by atoms with Crippen LogP contribution in [-0.2, 0) is 6.54 Å². The topological polar surface area (TPSA) is 73.6 Å². The second kappa shape index (κ2) is 8.13. The first-order valence-electron chi connectivity index (χ1n) is 8.52. The molecule has 25 heavy (non-hydrogen) atoms. The van der Waals surface area contributed by atoms with E-state index in [0.29, 0.717) is 30.7 Å². The molecule has 3 rings (SSSR count). The highest BCUT2D eigenvalue weighted by Crippen LogP contribution is 2.17. The van der Waals surface area contributed by atoms with Crippen molar-refractivity contribution in [2.75, 3.05) is 40.3 Å². The summed E-state index contributed by atoms with van der Waals surface area (Å²) >= 11 is 0. The molecular weight excluding hydrogens is 318 g/mol. The van der Waals surface area contributed by atoms with Gasteiger partial charge in [-0.15, -0.1) is 0 Å². The van der Waals surface area contributed by atoms with Crippen LogP contribution in [-0.4, -0.2) is 67.1 Å². The summed E-state index contributed by atoms with van der Waals surface area (Å²) in [5.74, 6) is 0.560. The number of hydrogen-bond acceptors (Lipinski definition) is 5. The maximum atomic E-state index is 12.0. The van der Waals surface area contributed by atoms with Crippen LogP contribution in [0.15, 0.2) is 41.0 Å². The summed E-state index contributed by atoms with van der Waals surface area (Å²) in [5, 5.41) is 5.76. The number of piperazine rings is 1. The summed E-state index contributed by atoms with van der Waals surface area (Å²) in [4.78, 5) is 21.0. The van der Waals surface area contributed by atoms with Crippen molar-refractivity contribution in [3.63, 3.8) is 0 Å². The summed E-state index contributed by atoms with van der Waals surface area (Å²) in [6.45, 7) is 4.00. The van der Waals surface area contributed by atoms with Crippen LogP contribution in [0, 0.1) is 0 Å². The summed E-state index contributed by atoms with van der Waals surface area (Å²) in [6.07, 6.45) is 1.58. The van der Waals surface area contributed by atoms with Gasteiger partial charge in [-0.2, -0.15) is 0 Å². The predicted molar refractivity (Wildman–Crippen MR) is 96.1 cm³/mol. The van der Waals surface area contributed by atoms with Crippen LogP contribution < -0.4 is 10.6 Å². The lowest BCUT2D eigenvalue weighted by Crippen LogP contribution is -2.55. The minimum absolute atomic E-state index is 0.189. The third kappa shape index (κ3) is 4.80. The Morgan fingerprint density at radius 3 is 2.84 bits per heavy atom. The minimum Gasteiger partial charge on any atom is -0.444 e. The maximum absolute atomic E-state index is 12.0. The third-order valence-corrected chi connectivity index (χ3v) is 4.48. The van der Waals surface area contributed by atoms with E-state index in [1.54, 1.807) is 6.26 Å². The van der Waals surface area contributed by atoms with Gasteiger partial charge in [0.25, 0.3) is 0 Å². The van der Waals surface area contributed by atoms with E-state index in [0.717, 1.165) is 25.2 Å². The second-order valence-corrected chi connectivity index (χ2v) is 6.47. The first kappa shape index (κ1) is 17.4. The van der Waals surface area contributed by atoms with Gasteiger partial charge in [-0.25, -0.2) is 9.78 Å². The van der Waals surface area contributed by atoms with E-state index in [1.807, 2.05) is 30.3 Å². The molecule has 7 nitrogen and oxygen atoms in total. The van der Waals surface area contributed by atoms with Gasteiger partial charge in [0.2, 0.25) is 5.89 Å². The Morgan fingerprint density at radius 1 is 1.24 bits per heavy atom. The Bertz CT molecular complexity index is 688. The van der Waals surface area contributed by atoms with Gasteiger partial charge in [0.05, 0.1) is 12.2 Å². The largest absolute Gasteiger partial charge is 0.444 e. The molecule has 2 N–H and O–H groups in total. The van der Waals surface area contributed by atoms with E-state index < -0.39 is 0 Å². The number of likely N-dealkylation sites (N-methyl/N-ethyl adjacent to an activating group) is 2. The second-order valence-electron chi connectivity index (χ2n) is 6.47. The minimum atomic E-state index is -0.189. The summed E-state index contributed by atoms with van der Waals surface area (Å²) in [7, 11) is 4.20. The van der Waals surface area contributed by atoms with Crippen LogP contribution in [0.3, 0.4) is 0 Å². The summed E-state index contributed by atoms with van der Waals surface area (Å²) in [6, 6.07) is 9.84. The molecule has 0 saturated carbocycles. The molecule has 1 aromatic carbocycles. The Labute approximate surface area is 148 Å². The molecule has 0 spiro atoms. The molecule has 1 aliphatic heterocycles. The molecule has 1 aromatic heterocycles. The van der Waals surface area contributed by atoms with E-state index in [4.69, 9.17) is 4.42 Å². The number of carbonyl (C=O) groups excluding carboxylic acids is 1. The molecular formula is C18H25N5O2. The van der Waals surface area contributed by atoms with Crippen LogP contribution in [0.5, 0.6) is 0 Å². The van der Waals surface area contributed by atoms with Gasteiger partial charge in [-0.1, -0.05) is 18.2 Å². The molecule has 1 unspecified atom stereocenters. The van der Waals surface area contributed by atoms with E-state index in [9.17, 15) is 4.79 Å². The standard InChI is InChI=1S/C18H25N5O2/c1-22-8-9-23(2)16(12-22)11-20-18(24)19-10-15-13-25-17(21-15)14-6-4-3-5-7-14/h3-7,13,16H,8-12H2,1-2H3,(H2,19,20,24). The number of nitrogens with one attached hydrogen (secondary N) is 2. The van der Waals surface area contributed by atoms with Crippen LogP contribution in [0.4, 0.5) is 4.79 Å². The summed E-state index contributed by atoms with van der Waals surface area (Å²) < 4.78 is 5.47. The van der Waals surface area contributed by atoms with Crippen LogP contribution in [0.25, 0.3) is 11.5 Å². The fourth-order valence-corrected chi connectivity index (χ4v) is 2.87. The zero-order chi connectivity index (χ0) is 17.6. The molecule has 2 heterocycles. The van der Waals surface area contributed by atoms with Crippen molar-refractivity contribution in [2.45, 2.75) is 12.6 Å². The fraction of sp³-hybridized carbons (Fsp3) is 0.444. The van der Waals surface area contributed by atoms with E-state index >= 15 is 0 Å². The number of oxazole rings is 1. The van der Waals surface area contributed by atoms with Gasteiger partial charge in [0.1, 0.15) is 6.26 Å². The molecule has 134 valence electrons. The number of urea groups is 1. The smallest absolute Gasteiger partial charge is 0.315 e.